The number of carbonyl (C=O) groups excluding carboxylic acids is 1. The van der Waals surface area contributed by atoms with Gasteiger partial charge in [-0.25, -0.2) is 9.78 Å². The highest BCUT2D eigenvalue weighted by molar-refractivity contribution is 5.85. The van der Waals surface area contributed by atoms with E-state index in [9.17, 15) is 4.79 Å². The number of fused-ring (bicyclic) bond motifs is 1. The molecule has 2 heterocycles. The van der Waals surface area contributed by atoms with E-state index in [1.165, 1.54) is 0 Å². The van der Waals surface area contributed by atoms with E-state index in [0.717, 1.165) is 30.9 Å². The SMILES string of the molecule is CC(C)(C)OC(=O)c1nc2c([nH]1)CNCC2. The van der Waals surface area contributed by atoms with Gasteiger partial charge in [-0.3, -0.25) is 0 Å². The average Bonchev–Trinajstić information content (AvgIpc) is 2.58. The summed E-state index contributed by atoms with van der Waals surface area (Å²) >= 11 is 0. The van der Waals surface area contributed by atoms with Gasteiger partial charge in [-0.2, -0.15) is 0 Å². The van der Waals surface area contributed by atoms with Crippen LogP contribution in [-0.2, 0) is 17.7 Å². The third-order valence-corrected chi connectivity index (χ3v) is 2.30. The van der Waals surface area contributed by atoms with Crippen molar-refractivity contribution in [1.82, 2.24) is 15.3 Å². The number of nitrogens with one attached hydrogen (secondary N) is 2. The lowest BCUT2D eigenvalue weighted by Crippen LogP contribution is -2.24. The first-order valence-corrected chi connectivity index (χ1v) is 5.47. The fourth-order valence-corrected chi connectivity index (χ4v) is 1.64. The van der Waals surface area contributed by atoms with E-state index < -0.39 is 5.60 Å². The van der Waals surface area contributed by atoms with Crippen molar-refractivity contribution in [2.75, 3.05) is 6.54 Å². The summed E-state index contributed by atoms with van der Waals surface area (Å²) in [5.74, 6) is -0.0782. The first kappa shape index (κ1) is 11.1. The van der Waals surface area contributed by atoms with Crippen LogP contribution in [0.2, 0.25) is 0 Å². The normalized spacial score (nSPS) is 15.7. The fourth-order valence-electron chi connectivity index (χ4n) is 1.64. The molecule has 2 rings (SSSR count). The van der Waals surface area contributed by atoms with Gasteiger partial charge in [-0.05, 0) is 20.8 Å². The highest BCUT2D eigenvalue weighted by Gasteiger charge is 2.23. The Balaban J connectivity index is 2.15. The minimum Gasteiger partial charge on any atom is -0.454 e. The highest BCUT2D eigenvalue weighted by Crippen LogP contribution is 2.14. The molecule has 0 saturated carbocycles. The fraction of sp³-hybridized carbons (Fsp3) is 0.636. The Hall–Kier alpha value is -1.36. The number of esters is 1. The molecule has 16 heavy (non-hydrogen) atoms. The van der Waals surface area contributed by atoms with Crippen molar-refractivity contribution >= 4 is 5.97 Å². The van der Waals surface area contributed by atoms with Gasteiger partial charge in [0.25, 0.3) is 0 Å². The summed E-state index contributed by atoms with van der Waals surface area (Å²) in [6, 6.07) is 0. The first-order chi connectivity index (χ1) is 7.46. The molecular formula is C11H17N3O2. The molecule has 0 bridgehead atoms. The van der Waals surface area contributed by atoms with Crippen LogP contribution < -0.4 is 5.32 Å². The number of H-pyrrole nitrogens is 1. The predicted molar refractivity (Wildman–Crippen MR) is 59.2 cm³/mol. The summed E-state index contributed by atoms with van der Waals surface area (Å²) in [6.45, 7) is 7.18. The number of nitrogens with zero attached hydrogens (tertiary/aromatic N) is 1. The molecule has 1 aromatic rings. The van der Waals surface area contributed by atoms with Crippen LogP contribution in [0, 0.1) is 0 Å². The summed E-state index contributed by atoms with van der Waals surface area (Å²) < 4.78 is 5.25. The maximum absolute atomic E-state index is 11.7. The second-order valence-electron chi connectivity index (χ2n) is 4.94. The summed E-state index contributed by atoms with van der Waals surface area (Å²) in [7, 11) is 0. The Bertz CT molecular complexity index is 380. The van der Waals surface area contributed by atoms with Crippen molar-refractivity contribution in [3.05, 3.63) is 17.2 Å². The van der Waals surface area contributed by atoms with Gasteiger partial charge in [0.15, 0.2) is 0 Å². The molecule has 88 valence electrons. The summed E-state index contributed by atoms with van der Waals surface area (Å²) in [5.41, 5.74) is 1.48. The number of rotatable bonds is 1. The predicted octanol–water partition coefficient (Wildman–Crippen LogP) is 1.01. The van der Waals surface area contributed by atoms with Crippen molar-refractivity contribution in [3.8, 4) is 0 Å². The van der Waals surface area contributed by atoms with Crippen molar-refractivity contribution in [3.63, 3.8) is 0 Å². The van der Waals surface area contributed by atoms with Gasteiger partial charge >= 0.3 is 5.97 Å². The van der Waals surface area contributed by atoms with Crippen LogP contribution in [0.1, 0.15) is 42.8 Å². The van der Waals surface area contributed by atoms with Crippen LogP contribution in [0.25, 0.3) is 0 Å². The molecule has 1 aliphatic heterocycles. The number of carbonyl (C=O) groups is 1. The lowest BCUT2D eigenvalue weighted by Gasteiger charge is -2.18. The Kier molecular flexibility index (Phi) is 2.71. The molecule has 0 aliphatic carbocycles. The smallest absolute Gasteiger partial charge is 0.374 e. The largest absolute Gasteiger partial charge is 0.454 e. The quantitative estimate of drug-likeness (QED) is 0.697. The van der Waals surface area contributed by atoms with E-state index in [-0.39, 0.29) is 5.97 Å². The van der Waals surface area contributed by atoms with Crippen LogP contribution >= 0.6 is 0 Å². The summed E-state index contributed by atoms with van der Waals surface area (Å²) in [4.78, 5) is 19.0. The summed E-state index contributed by atoms with van der Waals surface area (Å²) in [6.07, 6.45) is 0.856. The average molecular weight is 223 g/mol. The van der Waals surface area contributed by atoms with Crippen LogP contribution in [0.3, 0.4) is 0 Å². The molecule has 0 atom stereocenters. The van der Waals surface area contributed by atoms with E-state index in [0.29, 0.717) is 5.82 Å². The second kappa shape index (κ2) is 3.90. The first-order valence-electron chi connectivity index (χ1n) is 5.47. The maximum Gasteiger partial charge on any atom is 0.374 e. The summed E-state index contributed by atoms with van der Waals surface area (Å²) in [5, 5.41) is 3.22. The number of aromatic amines is 1. The van der Waals surface area contributed by atoms with Crippen LogP contribution in [0.15, 0.2) is 0 Å². The Labute approximate surface area is 94.6 Å². The van der Waals surface area contributed by atoms with Crippen molar-refractivity contribution in [1.29, 1.82) is 0 Å². The molecule has 0 radical (unpaired) electrons. The minimum absolute atomic E-state index is 0.309. The van der Waals surface area contributed by atoms with E-state index in [2.05, 4.69) is 15.3 Å². The van der Waals surface area contributed by atoms with E-state index >= 15 is 0 Å². The lowest BCUT2D eigenvalue weighted by atomic mass is 10.2. The van der Waals surface area contributed by atoms with Gasteiger partial charge < -0.3 is 15.0 Å². The van der Waals surface area contributed by atoms with Crippen LogP contribution in [0.4, 0.5) is 0 Å². The van der Waals surface area contributed by atoms with Gasteiger partial charge in [-0.15, -0.1) is 0 Å². The van der Waals surface area contributed by atoms with E-state index in [4.69, 9.17) is 4.74 Å². The Morgan fingerprint density at radius 1 is 1.44 bits per heavy atom. The molecule has 1 aromatic heterocycles. The third kappa shape index (κ3) is 2.41. The molecule has 0 aromatic carbocycles. The van der Waals surface area contributed by atoms with Gasteiger partial charge in [0.1, 0.15) is 5.60 Å². The molecule has 0 spiro atoms. The van der Waals surface area contributed by atoms with Gasteiger partial charge in [0, 0.05) is 19.5 Å². The van der Waals surface area contributed by atoms with Gasteiger partial charge in [-0.1, -0.05) is 0 Å². The molecule has 0 amide bonds. The van der Waals surface area contributed by atoms with Crippen LogP contribution in [0.5, 0.6) is 0 Å². The zero-order valence-electron chi connectivity index (χ0n) is 9.89. The van der Waals surface area contributed by atoms with Gasteiger partial charge in [0.05, 0.1) is 11.4 Å². The number of aromatic nitrogens is 2. The monoisotopic (exact) mass is 223 g/mol. The molecule has 2 N–H and O–H groups in total. The molecule has 1 aliphatic rings. The number of hydrogen-bond donors (Lipinski definition) is 2. The third-order valence-electron chi connectivity index (χ3n) is 2.30. The maximum atomic E-state index is 11.7. The highest BCUT2D eigenvalue weighted by atomic mass is 16.6. The minimum atomic E-state index is -0.484. The topological polar surface area (TPSA) is 67.0 Å². The molecule has 0 unspecified atom stereocenters. The molecule has 5 nitrogen and oxygen atoms in total. The number of hydrogen-bond acceptors (Lipinski definition) is 4. The second-order valence-corrected chi connectivity index (χ2v) is 4.94. The molecular weight excluding hydrogens is 206 g/mol. The molecule has 0 fully saturated rings. The number of imidazole rings is 1. The zero-order valence-corrected chi connectivity index (χ0v) is 9.89. The van der Waals surface area contributed by atoms with Gasteiger partial charge in [0.2, 0.25) is 5.82 Å². The van der Waals surface area contributed by atoms with Crippen LogP contribution in [-0.4, -0.2) is 28.1 Å². The van der Waals surface area contributed by atoms with Crippen molar-refractivity contribution in [2.24, 2.45) is 0 Å². The lowest BCUT2D eigenvalue weighted by molar-refractivity contribution is 0.00565. The van der Waals surface area contributed by atoms with E-state index in [1.807, 2.05) is 20.8 Å². The zero-order chi connectivity index (χ0) is 11.8. The van der Waals surface area contributed by atoms with E-state index in [1.54, 1.807) is 0 Å². The number of ether oxygens (including phenoxy) is 1. The van der Waals surface area contributed by atoms with Crippen molar-refractivity contribution in [2.45, 2.75) is 39.3 Å². The standard InChI is InChI=1S/C11H17N3O2/c1-11(2,3)16-10(15)9-13-7-4-5-12-6-8(7)14-9/h12H,4-6H2,1-3H3,(H,13,14). The van der Waals surface area contributed by atoms with Crippen molar-refractivity contribution < 1.29 is 9.53 Å². The molecule has 0 saturated heterocycles. The Morgan fingerprint density at radius 3 is 2.81 bits per heavy atom. The Morgan fingerprint density at radius 2 is 2.19 bits per heavy atom. The molecule has 5 heteroatoms.